The van der Waals surface area contributed by atoms with Gasteiger partial charge in [-0.15, -0.1) is 5.10 Å². The lowest BCUT2D eigenvalue weighted by Crippen LogP contribution is -2.41. The third kappa shape index (κ3) is 5.22. The lowest BCUT2D eigenvalue weighted by atomic mass is 9.89. The first-order chi connectivity index (χ1) is 18.1. The number of nitrogens with zero attached hydrogens (tertiary/aromatic N) is 5. The second-order valence-corrected chi connectivity index (χ2v) is 10.6. The van der Waals surface area contributed by atoms with Crippen LogP contribution in [-0.4, -0.2) is 55.9 Å². The number of rotatable bonds is 7. The van der Waals surface area contributed by atoms with E-state index in [-0.39, 0.29) is 17.7 Å². The van der Waals surface area contributed by atoms with Gasteiger partial charge in [0.15, 0.2) is 5.82 Å². The van der Waals surface area contributed by atoms with Gasteiger partial charge >= 0.3 is 0 Å². The molecular formula is C29H34N6O2. The largest absolute Gasteiger partial charge is 0.376 e. The Hall–Kier alpha value is -3.36. The fourth-order valence-corrected chi connectivity index (χ4v) is 5.92. The van der Waals surface area contributed by atoms with Crippen LogP contribution in [-0.2, 0) is 17.7 Å². The van der Waals surface area contributed by atoms with Crippen LogP contribution in [0.1, 0.15) is 54.2 Å². The van der Waals surface area contributed by atoms with Gasteiger partial charge in [-0.05, 0) is 97.1 Å². The Bertz CT molecular complexity index is 1400. The number of nitrogens with one attached hydrogen (secondary N) is 1. The molecule has 37 heavy (non-hydrogen) atoms. The van der Waals surface area contributed by atoms with E-state index in [9.17, 15) is 4.79 Å². The highest BCUT2D eigenvalue weighted by molar-refractivity contribution is 5.79. The minimum absolute atomic E-state index is 0.0822. The highest BCUT2D eigenvalue weighted by atomic mass is 16.5. The average molecular weight is 499 g/mol. The van der Waals surface area contributed by atoms with Crippen LogP contribution >= 0.6 is 0 Å². The molecule has 2 aromatic carbocycles. The van der Waals surface area contributed by atoms with Crippen molar-refractivity contribution in [3.63, 3.8) is 0 Å². The Morgan fingerprint density at radius 1 is 1.08 bits per heavy atom. The number of aromatic amines is 1. The maximum absolute atomic E-state index is 13.5. The van der Waals surface area contributed by atoms with Gasteiger partial charge in [-0.3, -0.25) is 9.69 Å². The van der Waals surface area contributed by atoms with E-state index >= 15 is 0 Å². The van der Waals surface area contributed by atoms with E-state index in [2.05, 4.69) is 67.9 Å². The number of hydrogen-bond donors (Lipinski definition) is 1. The molecule has 8 heteroatoms. The summed E-state index contributed by atoms with van der Waals surface area (Å²) in [7, 11) is 0. The topological polar surface area (TPSA) is 88.9 Å². The van der Waals surface area contributed by atoms with Gasteiger partial charge < -0.3 is 9.72 Å². The number of hydrogen-bond acceptors (Lipinski definition) is 6. The minimum Gasteiger partial charge on any atom is -0.376 e. The molecule has 4 heterocycles. The van der Waals surface area contributed by atoms with Gasteiger partial charge in [-0.1, -0.05) is 42.5 Å². The summed E-state index contributed by atoms with van der Waals surface area (Å²) < 4.78 is 7.73. The summed E-state index contributed by atoms with van der Waals surface area (Å²) in [5.41, 5.74) is 3.98. The summed E-state index contributed by atoms with van der Waals surface area (Å²) in [5, 5.41) is 13.9. The van der Waals surface area contributed by atoms with Gasteiger partial charge in [-0.2, -0.15) is 0 Å². The fraction of sp³-hybridized carbons (Fsp3) is 0.448. The van der Waals surface area contributed by atoms with E-state index in [1.54, 1.807) is 0 Å². The first-order valence-electron chi connectivity index (χ1n) is 13.4. The van der Waals surface area contributed by atoms with E-state index in [0.717, 1.165) is 68.3 Å². The number of aromatic nitrogens is 5. The summed E-state index contributed by atoms with van der Waals surface area (Å²) in [4.78, 5) is 19.0. The Balaban J connectivity index is 1.32. The smallest absolute Gasteiger partial charge is 0.253 e. The zero-order valence-corrected chi connectivity index (χ0v) is 21.3. The summed E-state index contributed by atoms with van der Waals surface area (Å²) in [6.07, 6.45) is 5.41. The molecule has 0 radical (unpaired) electrons. The highest BCUT2D eigenvalue weighted by Crippen LogP contribution is 2.32. The van der Waals surface area contributed by atoms with Crippen molar-refractivity contribution in [2.24, 2.45) is 5.92 Å². The first-order valence-corrected chi connectivity index (χ1v) is 13.4. The van der Waals surface area contributed by atoms with Crippen molar-refractivity contribution in [1.29, 1.82) is 0 Å². The normalized spacial score (nSPS) is 20.0. The molecule has 8 nitrogen and oxygen atoms in total. The molecule has 0 aliphatic carbocycles. The van der Waals surface area contributed by atoms with Crippen molar-refractivity contribution in [2.45, 2.75) is 57.7 Å². The predicted molar refractivity (Wildman–Crippen MR) is 142 cm³/mol. The van der Waals surface area contributed by atoms with Crippen LogP contribution in [0.25, 0.3) is 10.9 Å². The van der Waals surface area contributed by atoms with Crippen molar-refractivity contribution in [2.75, 3.05) is 19.7 Å². The molecule has 0 unspecified atom stereocenters. The summed E-state index contributed by atoms with van der Waals surface area (Å²) in [5.74, 6) is 1.34. The van der Waals surface area contributed by atoms with Crippen molar-refractivity contribution >= 4 is 10.9 Å². The molecule has 0 saturated carbocycles. The zero-order valence-electron chi connectivity index (χ0n) is 21.3. The Labute approximate surface area is 216 Å². The molecule has 2 aliphatic heterocycles. The number of likely N-dealkylation sites (tertiary alicyclic amines) is 1. The molecule has 0 spiro atoms. The molecule has 0 bridgehead atoms. The number of aryl methyl sites for hydroxylation is 1. The van der Waals surface area contributed by atoms with E-state index in [1.165, 1.54) is 5.56 Å². The lowest BCUT2D eigenvalue weighted by Gasteiger charge is -2.37. The van der Waals surface area contributed by atoms with Crippen LogP contribution in [0.15, 0.2) is 59.4 Å². The van der Waals surface area contributed by atoms with Crippen molar-refractivity contribution in [3.8, 4) is 0 Å². The first kappa shape index (κ1) is 24.0. The van der Waals surface area contributed by atoms with Crippen LogP contribution in [0.4, 0.5) is 0 Å². The number of piperidine rings is 1. The standard InChI is InChI=1S/C29H34N6O2/c1-20-9-10-23-18-25(29(36)30-26(23)16-20)27(28-31-32-33-35(28)19-24-8-5-15-37-24)34-13-11-22(12-14-34)17-21-6-3-2-4-7-21/h2-4,6-7,9-10,16,18,22,24,27H,5,8,11-15,17,19H2,1H3,(H,30,36)/t24-,27-/m0/s1. The predicted octanol–water partition coefficient (Wildman–Crippen LogP) is 4.05. The quantitative estimate of drug-likeness (QED) is 0.414. The maximum atomic E-state index is 13.5. The average Bonchev–Trinajstić information content (AvgIpc) is 3.59. The minimum atomic E-state index is -0.316. The molecule has 192 valence electrons. The monoisotopic (exact) mass is 498 g/mol. The van der Waals surface area contributed by atoms with E-state index < -0.39 is 0 Å². The second-order valence-electron chi connectivity index (χ2n) is 10.6. The number of ether oxygens (including phenoxy) is 1. The van der Waals surface area contributed by atoms with Crippen LogP contribution in [0.2, 0.25) is 0 Å². The van der Waals surface area contributed by atoms with Crippen LogP contribution in [0, 0.1) is 12.8 Å². The number of fused-ring (bicyclic) bond motifs is 1. The third-order valence-corrected chi connectivity index (χ3v) is 7.91. The van der Waals surface area contributed by atoms with Gasteiger partial charge in [0.1, 0.15) is 6.04 Å². The van der Waals surface area contributed by atoms with Crippen molar-refractivity contribution in [3.05, 3.63) is 87.5 Å². The number of benzene rings is 2. The van der Waals surface area contributed by atoms with E-state index in [1.807, 2.05) is 23.7 Å². The SMILES string of the molecule is Cc1ccc2cc([C@@H](c3nnnn3C[C@@H]3CCCO3)N3CCC(Cc4ccccc4)CC3)c(=O)[nH]c2c1. The highest BCUT2D eigenvalue weighted by Gasteiger charge is 2.34. The maximum Gasteiger partial charge on any atom is 0.253 e. The summed E-state index contributed by atoms with van der Waals surface area (Å²) >= 11 is 0. The van der Waals surface area contributed by atoms with Crippen molar-refractivity contribution < 1.29 is 4.74 Å². The molecule has 2 aliphatic rings. The number of tetrazole rings is 1. The number of pyridine rings is 1. The molecular weight excluding hydrogens is 464 g/mol. The molecule has 1 N–H and O–H groups in total. The molecule has 2 aromatic heterocycles. The number of H-pyrrole nitrogens is 1. The fourth-order valence-electron chi connectivity index (χ4n) is 5.92. The van der Waals surface area contributed by atoms with Gasteiger partial charge in [0, 0.05) is 17.7 Å². The Morgan fingerprint density at radius 3 is 2.70 bits per heavy atom. The zero-order chi connectivity index (χ0) is 25.2. The summed E-state index contributed by atoms with van der Waals surface area (Å²) in [6, 6.07) is 18.6. The molecule has 2 atom stereocenters. The van der Waals surface area contributed by atoms with Crippen LogP contribution < -0.4 is 5.56 Å². The molecule has 2 fully saturated rings. The Kier molecular flexibility index (Phi) is 6.85. The molecule has 2 saturated heterocycles. The molecule has 6 rings (SSSR count). The van der Waals surface area contributed by atoms with Gasteiger partial charge in [0.2, 0.25) is 0 Å². The van der Waals surface area contributed by atoms with Gasteiger partial charge in [-0.25, -0.2) is 4.68 Å². The van der Waals surface area contributed by atoms with Gasteiger partial charge in [0.05, 0.1) is 12.6 Å². The van der Waals surface area contributed by atoms with Crippen molar-refractivity contribution in [1.82, 2.24) is 30.1 Å². The van der Waals surface area contributed by atoms with E-state index in [4.69, 9.17) is 4.74 Å². The lowest BCUT2D eigenvalue weighted by molar-refractivity contribution is 0.0892. The van der Waals surface area contributed by atoms with Gasteiger partial charge in [0.25, 0.3) is 5.56 Å². The molecule has 0 amide bonds. The third-order valence-electron chi connectivity index (χ3n) is 7.91. The molecule has 4 aromatic rings. The summed E-state index contributed by atoms with van der Waals surface area (Å²) in [6.45, 7) is 5.20. The second kappa shape index (κ2) is 10.6. The Morgan fingerprint density at radius 2 is 1.92 bits per heavy atom. The van der Waals surface area contributed by atoms with E-state index in [0.29, 0.717) is 23.9 Å². The van der Waals surface area contributed by atoms with Crippen LogP contribution in [0.3, 0.4) is 0 Å². The van der Waals surface area contributed by atoms with Crippen LogP contribution in [0.5, 0.6) is 0 Å².